The highest BCUT2D eigenvalue weighted by Crippen LogP contribution is 2.14. The van der Waals surface area contributed by atoms with Crippen LogP contribution in [-0.4, -0.2) is 47.9 Å². The van der Waals surface area contributed by atoms with E-state index < -0.39 is 0 Å². The van der Waals surface area contributed by atoms with Gasteiger partial charge in [0.2, 0.25) is 5.91 Å². The van der Waals surface area contributed by atoms with E-state index in [9.17, 15) is 4.79 Å². The van der Waals surface area contributed by atoms with Gasteiger partial charge < -0.3 is 5.32 Å². The van der Waals surface area contributed by atoms with Gasteiger partial charge in [0.15, 0.2) is 0 Å². The van der Waals surface area contributed by atoms with E-state index >= 15 is 0 Å². The first-order chi connectivity index (χ1) is 13.6. The molecule has 0 radical (unpaired) electrons. The van der Waals surface area contributed by atoms with Gasteiger partial charge in [-0.25, -0.2) is 0 Å². The lowest BCUT2D eigenvalue weighted by Gasteiger charge is -2.37. The van der Waals surface area contributed by atoms with Crippen LogP contribution >= 0.6 is 0 Å². The summed E-state index contributed by atoms with van der Waals surface area (Å²) in [5.74, 6) is -0.0368. The fourth-order valence-corrected chi connectivity index (χ4v) is 3.29. The zero-order valence-corrected chi connectivity index (χ0v) is 15.9. The molecular formula is C22H23N5O. The molecule has 6 nitrogen and oxygen atoms in total. The lowest BCUT2D eigenvalue weighted by molar-refractivity contribution is -0.121. The molecule has 1 N–H and O–H groups in total. The smallest absolute Gasteiger partial charge is 0.241 e. The van der Waals surface area contributed by atoms with Crippen LogP contribution in [-0.2, 0) is 11.3 Å². The zero-order valence-electron chi connectivity index (χ0n) is 15.9. The van der Waals surface area contributed by atoms with Crippen molar-refractivity contribution in [1.82, 2.24) is 9.80 Å². The summed E-state index contributed by atoms with van der Waals surface area (Å²) in [6, 6.07) is 18.6. The highest BCUT2D eigenvalue weighted by molar-refractivity contribution is 5.94. The Morgan fingerprint density at radius 2 is 1.50 bits per heavy atom. The van der Waals surface area contributed by atoms with Crippen LogP contribution in [0.3, 0.4) is 0 Å². The highest BCUT2D eigenvalue weighted by atomic mass is 16.2. The van der Waals surface area contributed by atoms with Crippen molar-refractivity contribution in [1.29, 1.82) is 10.5 Å². The Morgan fingerprint density at radius 1 is 0.964 bits per heavy atom. The van der Waals surface area contributed by atoms with Crippen molar-refractivity contribution in [2.24, 2.45) is 0 Å². The Labute approximate surface area is 165 Å². The number of carbonyl (C=O) groups is 1. The molecule has 3 rings (SSSR count). The monoisotopic (exact) mass is 373 g/mol. The molecule has 6 heteroatoms. The maximum absolute atomic E-state index is 12.5. The molecular weight excluding hydrogens is 350 g/mol. The molecule has 1 fully saturated rings. The Morgan fingerprint density at radius 3 is 2.04 bits per heavy atom. The minimum atomic E-state index is -0.215. The summed E-state index contributed by atoms with van der Waals surface area (Å²) in [6.45, 7) is 6.24. The number of rotatable bonds is 5. The number of benzene rings is 2. The van der Waals surface area contributed by atoms with Gasteiger partial charge in [-0.3, -0.25) is 14.6 Å². The van der Waals surface area contributed by atoms with Gasteiger partial charge in [0, 0.05) is 38.4 Å². The van der Waals surface area contributed by atoms with Crippen molar-refractivity contribution in [3.8, 4) is 12.1 Å². The SMILES string of the molecule is C[C@H](C(=O)Nc1ccc(C#N)cc1)N1CCN(Cc2ccc(C#N)cc2)CC1. The van der Waals surface area contributed by atoms with Crippen LogP contribution in [0.1, 0.15) is 23.6 Å². The van der Waals surface area contributed by atoms with Gasteiger partial charge in [0.05, 0.1) is 29.3 Å². The van der Waals surface area contributed by atoms with Crippen molar-refractivity contribution in [3.05, 3.63) is 65.2 Å². The first kappa shape index (κ1) is 19.6. The van der Waals surface area contributed by atoms with Gasteiger partial charge in [0.25, 0.3) is 0 Å². The molecule has 1 amide bonds. The van der Waals surface area contributed by atoms with Crippen molar-refractivity contribution < 1.29 is 4.79 Å². The summed E-state index contributed by atoms with van der Waals surface area (Å²) in [4.78, 5) is 17.1. The topological polar surface area (TPSA) is 83.2 Å². The van der Waals surface area contributed by atoms with E-state index in [0.717, 1.165) is 32.7 Å². The summed E-state index contributed by atoms with van der Waals surface area (Å²) in [5.41, 5.74) is 3.15. The Kier molecular flexibility index (Phi) is 6.39. The molecule has 142 valence electrons. The molecule has 1 aliphatic heterocycles. The van der Waals surface area contributed by atoms with E-state index in [-0.39, 0.29) is 11.9 Å². The number of nitriles is 2. The van der Waals surface area contributed by atoms with Crippen LogP contribution in [0.25, 0.3) is 0 Å². The Hall–Kier alpha value is -3.19. The third kappa shape index (κ3) is 4.95. The number of piperazine rings is 1. The molecule has 0 aromatic heterocycles. The summed E-state index contributed by atoms with van der Waals surface area (Å²) in [6.07, 6.45) is 0. The van der Waals surface area contributed by atoms with E-state index in [1.54, 1.807) is 24.3 Å². The fraction of sp³-hybridized carbons (Fsp3) is 0.318. The minimum Gasteiger partial charge on any atom is -0.325 e. The molecule has 0 bridgehead atoms. The molecule has 0 unspecified atom stereocenters. The fourth-order valence-electron chi connectivity index (χ4n) is 3.29. The first-order valence-electron chi connectivity index (χ1n) is 9.35. The number of nitrogens with one attached hydrogen (secondary N) is 1. The van der Waals surface area contributed by atoms with Crippen LogP contribution in [0, 0.1) is 22.7 Å². The van der Waals surface area contributed by atoms with Gasteiger partial charge in [-0.15, -0.1) is 0 Å². The van der Waals surface area contributed by atoms with Crippen LogP contribution in [0.5, 0.6) is 0 Å². The normalized spacial score (nSPS) is 16.0. The molecule has 1 saturated heterocycles. The number of amides is 1. The van der Waals surface area contributed by atoms with Gasteiger partial charge in [-0.05, 0) is 48.9 Å². The van der Waals surface area contributed by atoms with E-state index in [1.807, 2.05) is 31.2 Å². The molecule has 2 aromatic rings. The quantitative estimate of drug-likeness (QED) is 0.871. The molecule has 1 atom stereocenters. The van der Waals surface area contributed by atoms with Crippen LogP contribution in [0.15, 0.2) is 48.5 Å². The number of hydrogen-bond acceptors (Lipinski definition) is 5. The van der Waals surface area contributed by atoms with Crippen molar-refractivity contribution in [2.75, 3.05) is 31.5 Å². The lowest BCUT2D eigenvalue weighted by Crippen LogP contribution is -2.52. The van der Waals surface area contributed by atoms with Gasteiger partial charge in [-0.1, -0.05) is 12.1 Å². The number of anilines is 1. The Balaban J connectivity index is 1.48. The van der Waals surface area contributed by atoms with E-state index in [0.29, 0.717) is 16.8 Å². The second-order valence-electron chi connectivity index (χ2n) is 6.98. The largest absolute Gasteiger partial charge is 0.325 e. The molecule has 0 spiro atoms. The molecule has 0 saturated carbocycles. The highest BCUT2D eigenvalue weighted by Gasteiger charge is 2.25. The number of hydrogen-bond donors (Lipinski definition) is 1. The summed E-state index contributed by atoms with van der Waals surface area (Å²) in [5, 5.41) is 20.6. The maximum atomic E-state index is 12.5. The van der Waals surface area contributed by atoms with Crippen molar-refractivity contribution in [2.45, 2.75) is 19.5 Å². The van der Waals surface area contributed by atoms with Crippen LogP contribution in [0.2, 0.25) is 0 Å². The maximum Gasteiger partial charge on any atom is 0.241 e. The Bertz CT molecular complexity index is 885. The van der Waals surface area contributed by atoms with E-state index in [1.165, 1.54) is 5.56 Å². The molecule has 2 aromatic carbocycles. The number of carbonyl (C=O) groups excluding carboxylic acids is 1. The second-order valence-corrected chi connectivity index (χ2v) is 6.98. The van der Waals surface area contributed by atoms with Crippen LogP contribution < -0.4 is 5.32 Å². The predicted molar refractivity (Wildman–Crippen MR) is 107 cm³/mol. The average Bonchev–Trinajstić information content (AvgIpc) is 2.75. The van der Waals surface area contributed by atoms with E-state index in [2.05, 4.69) is 27.3 Å². The zero-order chi connectivity index (χ0) is 19.9. The third-order valence-electron chi connectivity index (χ3n) is 5.10. The number of nitrogens with zero attached hydrogens (tertiary/aromatic N) is 4. The van der Waals surface area contributed by atoms with Gasteiger partial charge in [-0.2, -0.15) is 10.5 Å². The average molecular weight is 373 g/mol. The standard InChI is InChI=1S/C22H23N5O/c1-17(22(28)25-21-8-6-19(15-24)7-9-21)27-12-10-26(11-13-27)16-20-4-2-18(14-23)3-5-20/h2-9,17H,10-13,16H2,1H3,(H,25,28)/t17-/m1/s1. The molecule has 1 aliphatic rings. The van der Waals surface area contributed by atoms with Gasteiger partial charge >= 0.3 is 0 Å². The first-order valence-corrected chi connectivity index (χ1v) is 9.35. The summed E-state index contributed by atoms with van der Waals surface area (Å²) >= 11 is 0. The molecule has 28 heavy (non-hydrogen) atoms. The second kappa shape index (κ2) is 9.14. The summed E-state index contributed by atoms with van der Waals surface area (Å²) < 4.78 is 0. The van der Waals surface area contributed by atoms with Crippen molar-refractivity contribution >= 4 is 11.6 Å². The molecule has 1 heterocycles. The predicted octanol–water partition coefficient (Wildman–Crippen LogP) is 2.57. The summed E-state index contributed by atoms with van der Waals surface area (Å²) in [7, 11) is 0. The minimum absolute atomic E-state index is 0.0368. The van der Waals surface area contributed by atoms with E-state index in [4.69, 9.17) is 10.5 Å². The molecule has 0 aliphatic carbocycles. The van der Waals surface area contributed by atoms with Gasteiger partial charge in [0.1, 0.15) is 0 Å². The third-order valence-corrected chi connectivity index (χ3v) is 5.10. The van der Waals surface area contributed by atoms with Crippen LogP contribution in [0.4, 0.5) is 5.69 Å². The lowest BCUT2D eigenvalue weighted by atomic mass is 10.1. The van der Waals surface area contributed by atoms with Crippen molar-refractivity contribution in [3.63, 3.8) is 0 Å².